The maximum absolute atomic E-state index is 5.62. The number of nitrogens with two attached hydrogens (primary N) is 1. The lowest BCUT2D eigenvalue weighted by Gasteiger charge is -2.04. The highest BCUT2D eigenvalue weighted by atomic mass is 16.5. The normalized spacial score (nSPS) is 13.1. The molecule has 1 atom stereocenters. The number of aryl methyl sites for hydroxylation is 1. The maximum atomic E-state index is 5.62. The molecule has 0 bridgehead atoms. The van der Waals surface area contributed by atoms with Gasteiger partial charge >= 0.3 is 0 Å². The number of rotatable bonds is 3. The van der Waals surface area contributed by atoms with E-state index in [1.165, 1.54) is 0 Å². The molecule has 0 fully saturated rings. The van der Waals surface area contributed by atoms with Gasteiger partial charge in [-0.25, -0.2) is 0 Å². The highest BCUT2D eigenvalue weighted by Gasteiger charge is 1.97. The van der Waals surface area contributed by atoms with E-state index in [1.807, 2.05) is 38.1 Å². The predicted octanol–water partition coefficient (Wildman–Crippen LogP) is 2.36. The molecular weight excluding hydrogens is 174 g/mol. The SMILES string of the molecule is COc1ccc(/C=C/C(C)N)cc1C. The zero-order valence-corrected chi connectivity index (χ0v) is 8.95. The van der Waals surface area contributed by atoms with Crippen molar-refractivity contribution in [2.75, 3.05) is 7.11 Å². The van der Waals surface area contributed by atoms with Crippen LogP contribution >= 0.6 is 0 Å². The Labute approximate surface area is 85.4 Å². The third-order valence-corrected chi connectivity index (χ3v) is 2.01. The van der Waals surface area contributed by atoms with Crippen molar-refractivity contribution >= 4 is 6.08 Å². The van der Waals surface area contributed by atoms with Gasteiger partial charge in [-0.2, -0.15) is 0 Å². The Balaban J connectivity index is 2.86. The molecule has 0 heterocycles. The second-order valence-electron chi connectivity index (χ2n) is 3.45. The topological polar surface area (TPSA) is 35.2 Å². The fourth-order valence-electron chi connectivity index (χ4n) is 1.27. The van der Waals surface area contributed by atoms with E-state index in [0.29, 0.717) is 0 Å². The molecule has 0 saturated heterocycles. The minimum atomic E-state index is 0.0948. The van der Waals surface area contributed by atoms with Crippen LogP contribution in [0.3, 0.4) is 0 Å². The van der Waals surface area contributed by atoms with Crippen molar-refractivity contribution in [1.29, 1.82) is 0 Å². The molecule has 1 aromatic carbocycles. The van der Waals surface area contributed by atoms with Gasteiger partial charge in [0, 0.05) is 6.04 Å². The van der Waals surface area contributed by atoms with Crippen LogP contribution in [0.1, 0.15) is 18.1 Å². The molecule has 0 radical (unpaired) electrons. The molecule has 2 N–H and O–H groups in total. The van der Waals surface area contributed by atoms with Crippen LogP contribution < -0.4 is 10.5 Å². The van der Waals surface area contributed by atoms with Gasteiger partial charge in [-0.1, -0.05) is 18.2 Å². The molecule has 0 aromatic heterocycles. The van der Waals surface area contributed by atoms with E-state index in [2.05, 4.69) is 6.07 Å². The van der Waals surface area contributed by atoms with Crippen LogP contribution in [0.5, 0.6) is 5.75 Å². The molecule has 0 spiro atoms. The van der Waals surface area contributed by atoms with Gasteiger partial charge in [0.05, 0.1) is 7.11 Å². The van der Waals surface area contributed by atoms with Crippen molar-refractivity contribution in [2.24, 2.45) is 5.73 Å². The van der Waals surface area contributed by atoms with Crippen molar-refractivity contribution in [3.05, 3.63) is 35.4 Å². The standard InChI is InChI=1S/C12H17NO/c1-9-8-11(5-4-10(2)13)6-7-12(9)14-3/h4-8,10H,13H2,1-3H3/b5-4+. The molecule has 1 aromatic rings. The largest absolute Gasteiger partial charge is 0.496 e. The van der Waals surface area contributed by atoms with Crippen LogP contribution in [0.25, 0.3) is 6.08 Å². The van der Waals surface area contributed by atoms with E-state index >= 15 is 0 Å². The molecule has 0 saturated carbocycles. The zero-order valence-electron chi connectivity index (χ0n) is 8.95. The summed E-state index contributed by atoms with van der Waals surface area (Å²) in [5, 5.41) is 0. The van der Waals surface area contributed by atoms with Gasteiger partial charge in [-0.3, -0.25) is 0 Å². The first-order valence-electron chi connectivity index (χ1n) is 4.72. The highest BCUT2D eigenvalue weighted by molar-refractivity contribution is 5.53. The molecule has 0 aliphatic carbocycles. The van der Waals surface area contributed by atoms with Crippen LogP contribution in [0, 0.1) is 6.92 Å². The Bertz CT molecular complexity index is 329. The third-order valence-electron chi connectivity index (χ3n) is 2.01. The van der Waals surface area contributed by atoms with Crippen LogP contribution in [0.15, 0.2) is 24.3 Å². The smallest absolute Gasteiger partial charge is 0.121 e. The molecule has 14 heavy (non-hydrogen) atoms. The number of hydrogen-bond donors (Lipinski definition) is 1. The quantitative estimate of drug-likeness (QED) is 0.796. The summed E-state index contributed by atoms with van der Waals surface area (Å²) in [6.07, 6.45) is 4.00. The minimum Gasteiger partial charge on any atom is -0.496 e. The summed E-state index contributed by atoms with van der Waals surface area (Å²) in [4.78, 5) is 0. The number of benzene rings is 1. The van der Waals surface area contributed by atoms with Crippen molar-refractivity contribution < 1.29 is 4.74 Å². The summed E-state index contributed by atoms with van der Waals surface area (Å²) in [6, 6.07) is 6.16. The van der Waals surface area contributed by atoms with Gasteiger partial charge in [0.1, 0.15) is 5.75 Å². The third kappa shape index (κ3) is 2.89. The summed E-state index contributed by atoms with van der Waals surface area (Å²) in [6.45, 7) is 3.98. The van der Waals surface area contributed by atoms with Crippen LogP contribution in [-0.4, -0.2) is 13.2 Å². The van der Waals surface area contributed by atoms with E-state index in [0.717, 1.165) is 16.9 Å². The van der Waals surface area contributed by atoms with Crippen molar-refractivity contribution in [2.45, 2.75) is 19.9 Å². The van der Waals surface area contributed by atoms with Crippen molar-refractivity contribution in [1.82, 2.24) is 0 Å². The summed E-state index contributed by atoms with van der Waals surface area (Å²) < 4.78 is 5.18. The van der Waals surface area contributed by atoms with E-state index in [1.54, 1.807) is 7.11 Å². The van der Waals surface area contributed by atoms with Gasteiger partial charge in [0.15, 0.2) is 0 Å². The molecule has 0 aliphatic heterocycles. The van der Waals surface area contributed by atoms with Crippen LogP contribution in [-0.2, 0) is 0 Å². The number of hydrogen-bond acceptors (Lipinski definition) is 2. The zero-order chi connectivity index (χ0) is 10.6. The van der Waals surface area contributed by atoms with Gasteiger partial charge in [-0.05, 0) is 37.1 Å². The first kappa shape index (κ1) is 10.8. The Morgan fingerprint density at radius 1 is 1.43 bits per heavy atom. The Morgan fingerprint density at radius 2 is 2.14 bits per heavy atom. The molecule has 1 rings (SSSR count). The van der Waals surface area contributed by atoms with E-state index in [-0.39, 0.29) is 6.04 Å². The molecule has 76 valence electrons. The Morgan fingerprint density at radius 3 is 2.64 bits per heavy atom. The van der Waals surface area contributed by atoms with E-state index in [9.17, 15) is 0 Å². The summed E-state index contributed by atoms with van der Waals surface area (Å²) in [7, 11) is 1.68. The average Bonchev–Trinajstić information content (AvgIpc) is 2.15. The van der Waals surface area contributed by atoms with Gasteiger partial charge in [0.25, 0.3) is 0 Å². The summed E-state index contributed by atoms with van der Waals surface area (Å²) >= 11 is 0. The number of methoxy groups -OCH3 is 1. The van der Waals surface area contributed by atoms with Gasteiger partial charge in [0.2, 0.25) is 0 Å². The lowest BCUT2D eigenvalue weighted by atomic mass is 10.1. The molecule has 0 aliphatic rings. The van der Waals surface area contributed by atoms with Crippen LogP contribution in [0.2, 0.25) is 0 Å². The molecule has 2 heteroatoms. The Hall–Kier alpha value is -1.28. The first-order chi connectivity index (χ1) is 6.63. The molecule has 0 amide bonds. The van der Waals surface area contributed by atoms with Crippen molar-refractivity contribution in [3.8, 4) is 5.75 Å². The second kappa shape index (κ2) is 4.82. The monoisotopic (exact) mass is 191 g/mol. The lowest BCUT2D eigenvalue weighted by molar-refractivity contribution is 0.411. The predicted molar refractivity (Wildman–Crippen MR) is 60.4 cm³/mol. The maximum Gasteiger partial charge on any atom is 0.121 e. The van der Waals surface area contributed by atoms with E-state index in [4.69, 9.17) is 10.5 Å². The Kier molecular flexibility index (Phi) is 3.72. The summed E-state index contributed by atoms with van der Waals surface area (Å²) in [5.74, 6) is 0.919. The molecular formula is C12H17NO. The summed E-state index contributed by atoms with van der Waals surface area (Å²) in [5.41, 5.74) is 7.91. The lowest BCUT2D eigenvalue weighted by Crippen LogP contribution is -2.09. The first-order valence-corrected chi connectivity index (χ1v) is 4.72. The van der Waals surface area contributed by atoms with Gasteiger partial charge < -0.3 is 10.5 Å². The number of ether oxygens (including phenoxy) is 1. The van der Waals surface area contributed by atoms with Crippen LogP contribution in [0.4, 0.5) is 0 Å². The van der Waals surface area contributed by atoms with E-state index < -0.39 is 0 Å². The van der Waals surface area contributed by atoms with Crippen molar-refractivity contribution in [3.63, 3.8) is 0 Å². The van der Waals surface area contributed by atoms with Gasteiger partial charge in [-0.15, -0.1) is 0 Å². The molecule has 2 nitrogen and oxygen atoms in total. The second-order valence-corrected chi connectivity index (χ2v) is 3.45. The highest BCUT2D eigenvalue weighted by Crippen LogP contribution is 2.19. The average molecular weight is 191 g/mol. The fraction of sp³-hybridized carbons (Fsp3) is 0.333. The minimum absolute atomic E-state index is 0.0948. The fourth-order valence-corrected chi connectivity index (χ4v) is 1.27. The molecule has 1 unspecified atom stereocenters.